The minimum Gasteiger partial charge on any atom is -0.310 e. The molecule has 1 heteroatoms. The average molecular weight is 640 g/mol. The van der Waals surface area contributed by atoms with Gasteiger partial charge in [-0.1, -0.05) is 172 Å². The highest BCUT2D eigenvalue weighted by Crippen LogP contribution is 2.55. The first-order valence-electron chi connectivity index (χ1n) is 17.4. The van der Waals surface area contributed by atoms with E-state index in [1.165, 1.54) is 66.4 Å². The first-order chi connectivity index (χ1) is 24.6. The Morgan fingerprint density at radius 3 is 1.68 bits per heavy atom. The van der Waals surface area contributed by atoms with Crippen molar-refractivity contribution >= 4 is 27.8 Å². The van der Waals surface area contributed by atoms with Gasteiger partial charge in [-0.2, -0.15) is 0 Å². The van der Waals surface area contributed by atoms with Crippen LogP contribution < -0.4 is 4.90 Å². The first-order valence-corrected chi connectivity index (χ1v) is 17.4. The van der Waals surface area contributed by atoms with Crippen molar-refractivity contribution in [1.29, 1.82) is 0 Å². The van der Waals surface area contributed by atoms with Crippen molar-refractivity contribution in [2.24, 2.45) is 0 Å². The molecule has 1 nitrogen and oxygen atoms in total. The highest BCUT2D eigenvalue weighted by molar-refractivity contribution is 5.98. The molecule has 50 heavy (non-hydrogen) atoms. The van der Waals surface area contributed by atoms with Gasteiger partial charge in [-0.3, -0.25) is 0 Å². The Kier molecular flexibility index (Phi) is 7.21. The van der Waals surface area contributed by atoms with Crippen LogP contribution in [0.25, 0.3) is 55.3 Å². The van der Waals surface area contributed by atoms with Crippen LogP contribution in [-0.4, -0.2) is 0 Å². The van der Waals surface area contributed by atoms with Gasteiger partial charge in [0.05, 0.1) is 5.69 Å². The van der Waals surface area contributed by atoms with Gasteiger partial charge in [-0.05, 0) is 91.2 Å². The lowest BCUT2D eigenvalue weighted by atomic mass is 9.78. The van der Waals surface area contributed by atoms with Crippen LogP contribution in [0.15, 0.2) is 188 Å². The lowest BCUT2D eigenvalue weighted by molar-refractivity contribution is 0.662. The van der Waals surface area contributed by atoms with E-state index in [2.05, 4.69) is 207 Å². The summed E-state index contributed by atoms with van der Waals surface area (Å²) in [6, 6.07) is 68.6. The number of fused-ring (bicyclic) bond motifs is 4. The zero-order valence-corrected chi connectivity index (χ0v) is 28.3. The number of para-hydroxylation sites is 1. The van der Waals surface area contributed by atoms with Crippen molar-refractivity contribution in [3.05, 3.63) is 199 Å². The second kappa shape index (κ2) is 12.1. The molecule has 0 saturated heterocycles. The number of anilines is 3. The third kappa shape index (κ3) is 4.94. The van der Waals surface area contributed by atoms with E-state index in [9.17, 15) is 0 Å². The maximum Gasteiger partial charge on any atom is 0.0540 e. The summed E-state index contributed by atoms with van der Waals surface area (Å²) in [5.41, 5.74) is 16.0. The molecular formula is C49H37N. The Labute approximate surface area is 294 Å². The predicted molar refractivity (Wildman–Crippen MR) is 213 cm³/mol. The minimum atomic E-state index is -0.136. The summed E-state index contributed by atoms with van der Waals surface area (Å²) in [5, 5.41) is 2.52. The predicted octanol–water partition coefficient (Wildman–Crippen LogP) is 13.6. The van der Waals surface area contributed by atoms with Gasteiger partial charge < -0.3 is 4.90 Å². The van der Waals surface area contributed by atoms with E-state index >= 15 is 0 Å². The molecule has 0 N–H and O–H groups in total. The third-order valence-electron chi connectivity index (χ3n) is 10.4. The summed E-state index contributed by atoms with van der Waals surface area (Å²) >= 11 is 0. The highest BCUT2D eigenvalue weighted by Gasteiger charge is 2.38. The van der Waals surface area contributed by atoms with Gasteiger partial charge in [0, 0.05) is 22.4 Å². The summed E-state index contributed by atoms with van der Waals surface area (Å²) < 4.78 is 0. The van der Waals surface area contributed by atoms with Crippen molar-refractivity contribution < 1.29 is 0 Å². The van der Waals surface area contributed by atoms with E-state index in [4.69, 9.17) is 0 Å². The normalized spacial score (nSPS) is 12.8. The van der Waals surface area contributed by atoms with E-state index in [0.29, 0.717) is 0 Å². The second-order valence-corrected chi connectivity index (χ2v) is 13.7. The van der Waals surface area contributed by atoms with Crippen LogP contribution in [0.5, 0.6) is 0 Å². The molecule has 0 aromatic heterocycles. The molecule has 0 radical (unpaired) electrons. The molecule has 0 saturated carbocycles. The molecule has 8 aromatic rings. The van der Waals surface area contributed by atoms with Gasteiger partial charge in [-0.25, -0.2) is 0 Å². The van der Waals surface area contributed by atoms with Crippen molar-refractivity contribution in [1.82, 2.24) is 0 Å². The second-order valence-electron chi connectivity index (χ2n) is 13.7. The van der Waals surface area contributed by atoms with Gasteiger partial charge in [-0.15, -0.1) is 0 Å². The molecule has 1 aliphatic rings. The quantitative estimate of drug-likeness (QED) is 0.175. The van der Waals surface area contributed by atoms with Crippen molar-refractivity contribution in [3.63, 3.8) is 0 Å². The molecule has 0 spiro atoms. The maximum absolute atomic E-state index is 2.45. The largest absolute Gasteiger partial charge is 0.310 e. The summed E-state index contributed by atoms with van der Waals surface area (Å²) in [6.07, 6.45) is 0. The zero-order valence-electron chi connectivity index (χ0n) is 28.3. The van der Waals surface area contributed by atoms with Crippen molar-refractivity contribution in [3.8, 4) is 44.5 Å². The Morgan fingerprint density at radius 2 is 0.920 bits per heavy atom. The molecule has 0 atom stereocenters. The third-order valence-corrected chi connectivity index (χ3v) is 10.4. The van der Waals surface area contributed by atoms with Crippen LogP contribution in [-0.2, 0) is 5.41 Å². The van der Waals surface area contributed by atoms with Gasteiger partial charge in [0.25, 0.3) is 0 Å². The van der Waals surface area contributed by atoms with E-state index in [0.717, 1.165) is 17.1 Å². The Morgan fingerprint density at radius 1 is 0.380 bits per heavy atom. The molecule has 1 aliphatic carbocycles. The maximum atomic E-state index is 2.45. The number of rotatable bonds is 6. The van der Waals surface area contributed by atoms with Crippen LogP contribution >= 0.6 is 0 Å². The van der Waals surface area contributed by atoms with Crippen LogP contribution in [0, 0.1) is 0 Å². The van der Waals surface area contributed by atoms with Gasteiger partial charge in [0.15, 0.2) is 0 Å². The Balaban J connectivity index is 1.30. The first kappa shape index (κ1) is 29.9. The van der Waals surface area contributed by atoms with Gasteiger partial charge in [0.1, 0.15) is 0 Å². The standard InChI is InChI=1S/C49H37N/c1-49(2)46-26-13-11-24-43(46)45-33-39(32-44(48(45)49)36-18-7-4-8-19-36)50(47-27-14-12-23-42(47)35-16-5-3-6-17-35)38-30-28-37(29-31-38)41-25-15-21-34-20-9-10-22-40(34)41/h3-33H,1-2H3. The van der Waals surface area contributed by atoms with Gasteiger partial charge in [0.2, 0.25) is 0 Å². The number of hydrogen-bond donors (Lipinski definition) is 0. The van der Waals surface area contributed by atoms with E-state index in [1.54, 1.807) is 0 Å². The lowest BCUT2D eigenvalue weighted by Crippen LogP contribution is -2.17. The van der Waals surface area contributed by atoms with Crippen LogP contribution in [0.4, 0.5) is 17.1 Å². The smallest absolute Gasteiger partial charge is 0.0540 e. The fourth-order valence-electron chi connectivity index (χ4n) is 8.11. The summed E-state index contributed by atoms with van der Waals surface area (Å²) in [4.78, 5) is 2.45. The van der Waals surface area contributed by atoms with Crippen LogP contribution in [0.3, 0.4) is 0 Å². The molecule has 238 valence electrons. The van der Waals surface area contributed by atoms with E-state index in [1.807, 2.05) is 0 Å². The Bertz CT molecular complexity index is 2490. The molecule has 0 unspecified atom stereocenters. The molecule has 0 amide bonds. The van der Waals surface area contributed by atoms with Crippen molar-refractivity contribution in [2.45, 2.75) is 19.3 Å². The molecule has 8 aromatic carbocycles. The van der Waals surface area contributed by atoms with Crippen LogP contribution in [0.2, 0.25) is 0 Å². The summed E-state index contributed by atoms with van der Waals surface area (Å²) in [6.45, 7) is 4.75. The van der Waals surface area contributed by atoms with E-state index in [-0.39, 0.29) is 5.41 Å². The Hall–Kier alpha value is -6.18. The number of hydrogen-bond acceptors (Lipinski definition) is 1. The highest BCUT2D eigenvalue weighted by atomic mass is 15.1. The molecular weight excluding hydrogens is 603 g/mol. The van der Waals surface area contributed by atoms with E-state index < -0.39 is 0 Å². The molecule has 0 aliphatic heterocycles. The molecule has 0 bridgehead atoms. The van der Waals surface area contributed by atoms with Crippen LogP contribution in [0.1, 0.15) is 25.0 Å². The minimum absolute atomic E-state index is 0.136. The summed E-state index contributed by atoms with van der Waals surface area (Å²) in [7, 11) is 0. The van der Waals surface area contributed by atoms with Crippen molar-refractivity contribution in [2.75, 3.05) is 4.90 Å². The SMILES string of the molecule is CC1(C)c2ccccc2-c2cc(N(c3ccc(-c4cccc5ccccc45)cc3)c3ccccc3-c3ccccc3)cc(-c3ccccc3)c21. The molecule has 9 rings (SSSR count). The summed E-state index contributed by atoms with van der Waals surface area (Å²) in [5.74, 6) is 0. The topological polar surface area (TPSA) is 3.24 Å². The fraction of sp³-hybridized carbons (Fsp3) is 0.0612. The monoisotopic (exact) mass is 639 g/mol. The number of nitrogens with zero attached hydrogens (tertiary/aromatic N) is 1. The molecule has 0 fully saturated rings. The zero-order chi connectivity index (χ0) is 33.7. The lowest BCUT2D eigenvalue weighted by Gasteiger charge is -2.31. The number of benzene rings is 8. The fourth-order valence-corrected chi connectivity index (χ4v) is 8.11. The molecule has 0 heterocycles. The van der Waals surface area contributed by atoms with Gasteiger partial charge >= 0.3 is 0 Å². The average Bonchev–Trinajstić information content (AvgIpc) is 3.41.